The number of carbonyl (C=O) groups excluding carboxylic acids is 2. The minimum atomic E-state index is -0.422. The Kier molecular flexibility index (Phi) is 32.2. The summed E-state index contributed by atoms with van der Waals surface area (Å²) in [6.07, 6.45) is 3.47. The van der Waals surface area contributed by atoms with Gasteiger partial charge < -0.3 is 11.1 Å². The number of nitrogens with two attached hydrogens (primary N) is 1. The van der Waals surface area contributed by atoms with Crippen LogP contribution in [0.4, 0.5) is 0 Å². The predicted octanol–water partition coefficient (Wildman–Crippen LogP) is 4.13. The van der Waals surface area contributed by atoms with E-state index in [0.717, 1.165) is 0 Å². The zero-order chi connectivity index (χ0) is 17.8. The topological polar surface area (TPSA) is 72.2 Å². The van der Waals surface area contributed by atoms with Gasteiger partial charge in [-0.1, -0.05) is 68.2 Å². The second kappa shape index (κ2) is 24.0. The van der Waals surface area contributed by atoms with Crippen LogP contribution in [0.3, 0.4) is 0 Å². The van der Waals surface area contributed by atoms with Crippen molar-refractivity contribution in [3.63, 3.8) is 0 Å². The molecule has 0 spiro atoms. The predicted molar refractivity (Wildman–Crippen MR) is 94.1 cm³/mol. The lowest BCUT2D eigenvalue weighted by Gasteiger charge is -2.15. The van der Waals surface area contributed by atoms with E-state index in [1.807, 2.05) is 41.5 Å². The Hall–Kier alpha value is -1.06. The Morgan fingerprint density at radius 1 is 1.00 bits per heavy atom. The first-order valence-corrected chi connectivity index (χ1v) is 8.38. The summed E-state index contributed by atoms with van der Waals surface area (Å²) in [4.78, 5) is 21.9. The quantitative estimate of drug-likeness (QED) is 0.774. The van der Waals surface area contributed by atoms with Crippen LogP contribution in [0, 0.1) is 11.8 Å². The molecule has 3 N–H and O–H groups in total. The van der Waals surface area contributed by atoms with Crippen LogP contribution in [0.15, 0.2) is 0 Å². The van der Waals surface area contributed by atoms with E-state index in [0.29, 0.717) is 12.3 Å². The van der Waals surface area contributed by atoms with Crippen molar-refractivity contribution in [3.8, 4) is 0 Å². The summed E-state index contributed by atoms with van der Waals surface area (Å²) < 4.78 is 0. The SMILES string of the molecule is CC.CC.CCCC.CNC(=O)C(CC(N)=O)CC(C)C. The van der Waals surface area contributed by atoms with Crippen LogP contribution in [-0.4, -0.2) is 18.9 Å². The van der Waals surface area contributed by atoms with Crippen LogP contribution in [-0.2, 0) is 9.59 Å². The molecule has 0 rings (SSSR count). The number of primary amides is 1. The van der Waals surface area contributed by atoms with E-state index in [-0.39, 0.29) is 18.2 Å². The van der Waals surface area contributed by atoms with Gasteiger partial charge in [0.05, 0.1) is 0 Å². The fourth-order valence-corrected chi connectivity index (χ4v) is 1.30. The van der Waals surface area contributed by atoms with Gasteiger partial charge in [0.1, 0.15) is 0 Å². The van der Waals surface area contributed by atoms with Gasteiger partial charge in [-0.15, -0.1) is 0 Å². The molecule has 0 aromatic rings. The zero-order valence-electron chi connectivity index (χ0n) is 15.9. The van der Waals surface area contributed by atoms with Crippen LogP contribution in [0.1, 0.15) is 81.1 Å². The standard InChI is InChI=1S/C9H18N2O2.C4H10.2C2H6/c1-6(2)4-7(5-8(10)12)9(13)11-3;1-3-4-2;2*1-2/h6-7H,4-5H2,1-3H3,(H2,10,12)(H,11,13);3-4H2,1-2H3;2*1-2H3. The monoisotopic (exact) mass is 304 g/mol. The van der Waals surface area contributed by atoms with Crippen molar-refractivity contribution < 1.29 is 9.59 Å². The van der Waals surface area contributed by atoms with E-state index in [1.54, 1.807) is 7.05 Å². The largest absolute Gasteiger partial charge is 0.370 e. The van der Waals surface area contributed by atoms with Gasteiger partial charge in [-0.05, 0) is 12.3 Å². The summed E-state index contributed by atoms with van der Waals surface area (Å²) >= 11 is 0. The summed E-state index contributed by atoms with van der Waals surface area (Å²) in [5, 5.41) is 2.53. The van der Waals surface area contributed by atoms with Crippen molar-refractivity contribution in [2.24, 2.45) is 17.6 Å². The molecule has 2 amide bonds. The first-order valence-electron chi connectivity index (χ1n) is 8.38. The van der Waals surface area contributed by atoms with Gasteiger partial charge in [0.15, 0.2) is 0 Å². The summed E-state index contributed by atoms with van der Waals surface area (Å²) in [6.45, 7) is 16.4. The van der Waals surface area contributed by atoms with Crippen molar-refractivity contribution in [1.29, 1.82) is 0 Å². The lowest BCUT2D eigenvalue weighted by molar-refractivity contribution is -0.129. The molecule has 4 heteroatoms. The van der Waals surface area contributed by atoms with E-state index in [2.05, 4.69) is 19.2 Å². The number of carbonyl (C=O) groups is 2. The lowest BCUT2D eigenvalue weighted by atomic mass is 9.93. The number of rotatable bonds is 6. The molecule has 0 fully saturated rings. The lowest BCUT2D eigenvalue weighted by Crippen LogP contribution is -2.31. The number of hydrogen-bond donors (Lipinski definition) is 2. The van der Waals surface area contributed by atoms with Crippen molar-refractivity contribution in [1.82, 2.24) is 5.32 Å². The molecule has 0 aromatic heterocycles. The summed E-state index contributed by atoms with van der Waals surface area (Å²) in [7, 11) is 1.57. The number of nitrogens with one attached hydrogen (secondary N) is 1. The molecular formula is C17H40N2O2. The molecule has 130 valence electrons. The normalized spacial score (nSPS) is 9.81. The minimum Gasteiger partial charge on any atom is -0.370 e. The van der Waals surface area contributed by atoms with Gasteiger partial charge in [-0.25, -0.2) is 0 Å². The number of hydrogen-bond acceptors (Lipinski definition) is 2. The molecule has 0 saturated carbocycles. The Morgan fingerprint density at radius 2 is 1.38 bits per heavy atom. The van der Waals surface area contributed by atoms with Gasteiger partial charge in [-0.2, -0.15) is 0 Å². The molecular weight excluding hydrogens is 264 g/mol. The summed E-state index contributed by atoms with van der Waals surface area (Å²) in [6, 6.07) is 0. The summed E-state index contributed by atoms with van der Waals surface area (Å²) in [5.74, 6) is -0.411. The average Bonchev–Trinajstić information content (AvgIpc) is 2.49. The fraction of sp³-hybridized carbons (Fsp3) is 0.882. The molecule has 0 aliphatic heterocycles. The molecule has 0 aliphatic carbocycles. The highest BCUT2D eigenvalue weighted by molar-refractivity contribution is 5.84. The zero-order valence-corrected chi connectivity index (χ0v) is 15.9. The van der Waals surface area contributed by atoms with Gasteiger partial charge in [0.25, 0.3) is 0 Å². The maximum Gasteiger partial charge on any atom is 0.223 e. The Balaban J connectivity index is -0.000000151. The van der Waals surface area contributed by atoms with E-state index in [4.69, 9.17) is 5.73 Å². The molecule has 0 aromatic carbocycles. The maximum atomic E-state index is 11.3. The van der Waals surface area contributed by atoms with E-state index in [9.17, 15) is 9.59 Å². The second-order valence-corrected chi connectivity index (χ2v) is 4.61. The maximum absolute atomic E-state index is 11.3. The van der Waals surface area contributed by atoms with Crippen LogP contribution in [0.2, 0.25) is 0 Å². The second-order valence-electron chi connectivity index (χ2n) is 4.61. The molecule has 0 aliphatic rings. The van der Waals surface area contributed by atoms with Crippen LogP contribution in [0.25, 0.3) is 0 Å². The Morgan fingerprint density at radius 3 is 1.57 bits per heavy atom. The first kappa shape index (κ1) is 28.2. The smallest absolute Gasteiger partial charge is 0.223 e. The minimum absolute atomic E-state index is 0.104. The number of unbranched alkanes of at least 4 members (excludes halogenated alkanes) is 1. The molecule has 1 unspecified atom stereocenters. The molecule has 0 radical (unpaired) electrons. The van der Waals surface area contributed by atoms with Crippen molar-refractivity contribution in [2.45, 2.75) is 81.1 Å². The average molecular weight is 305 g/mol. The van der Waals surface area contributed by atoms with E-state index in [1.165, 1.54) is 12.8 Å². The van der Waals surface area contributed by atoms with Crippen LogP contribution in [0.5, 0.6) is 0 Å². The van der Waals surface area contributed by atoms with Gasteiger partial charge >= 0.3 is 0 Å². The highest BCUT2D eigenvalue weighted by Gasteiger charge is 2.20. The Bertz CT molecular complexity index is 215. The first-order chi connectivity index (χ1) is 9.88. The third kappa shape index (κ3) is 28.0. The highest BCUT2D eigenvalue weighted by atomic mass is 16.2. The number of amides is 2. The van der Waals surface area contributed by atoms with E-state index >= 15 is 0 Å². The molecule has 1 atom stereocenters. The van der Waals surface area contributed by atoms with Gasteiger partial charge in [0, 0.05) is 19.4 Å². The summed E-state index contributed by atoms with van der Waals surface area (Å²) in [5.41, 5.74) is 5.04. The third-order valence-corrected chi connectivity index (χ3v) is 2.32. The van der Waals surface area contributed by atoms with Crippen molar-refractivity contribution in [2.75, 3.05) is 7.05 Å². The third-order valence-electron chi connectivity index (χ3n) is 2.32. The molecule has 21 heavy (non-hydrogen) atoms. The molecule has 0 heterocycles. The molecule has 0 bridgehead atoms. The van der Waals surface area contributed by atoms with Gasteiger partial charge in [0.2, 0.25) is 11.8 Å². The van der Waals surface area contributed by atoms with Crippen LogP contribution < -0.4 is 11.1 Å². The molecule has 4 nitrogen and oxygen atoms in total. The van der Waals surface area contributed by atoms with E-state index < -0.39 is 5.91 Å². The van der Waals surface area contributed by atoms with Gasteiger partial charge in [-0.3, -0.25) is 9.59 Å². The molecule has 0 saturated heterocycles. The van der Waals surface area contributed by atoms with Crippen molar-refractivity contribution >= 4 is 11.8 Å². The highest BCUT2D eigenvalue weighted by Crippen LogP contribution is 2.15. The van der Waals surface area contributed by atoms with Crippen LogP contribution >= 0.6 is 0 Å². The Labute approximate surface area is 133 Å². The van der Waals surface area contributed by atoms with Crippen molar-refractivity contribution in [3.05, 3.63) is 0 Å². The fourth-order valence-electron chi connectivity index (χ4n) is 1.30.